The summed E-state index contributed by atoms with van der Waals surface area (Å²) in [4.78, 5) is 4.92. The van der Waals surface area contributed by atoms with Gasteiger partial charge in [0, 0.05) is 0 Å². The first-order chi connectivity index (χ1) is 6.08. The highest BCUT2D eigenvalue weighted by Crippen LogP contribution is 2.34. The van der Waals surface area contributed by atoms with Gasteiger partial charge in [-0.3, -0.25) is 0 Å². The summed E-state index contributed by atoms with van der Waals surface area (Å²) in [6.07, 6.45) is 3.29. The molecule has 0 fully saturated rings. The van der Waals surface area contributed by atoms with E-state index in [1.54, 1.807) is 12.4 Å². The van der Waals surface area contributed by atoms with Crippen LogP contribution in [0.15, 0.2) is 22.8 Å². The summed E-state index contributed by atoms with van der Waals surface area (Å²) >= 11 is 4.77. The molecule has 1 unspecified atom stereocenters. The Balaban J connectivity index is 2.80. The Morgan fingerprint density at radius 1 is 1.85 bits per heavy atom. The molecule has 1 rings (SSSR count). The number of halogens is 1. The highest BCUT2D eigenvalue weighted by molar-refractivity contribution is 9.10. The van der Waals surface area contributed by atoms with Gasteiger partial charge in [0.25, 0.3) is 0 Å². The third kappa shape index (κ3) is 2.62. The van der Waals surface area contributed by atoms with Crippen LogP contribution in [0.5, 0.6) is 0 Å². The number of aromatic nitrogens is 1. The van der Waals surface area contributed by atoms with Crippen molar-refractivity contribution in [2.75, 3.05) is 0 Å². The second kappa shape index (κ2) is 4.35. The minimum atomic E-state index is -0.797. The first-order valence-electron chi connectivity index (χ1n) is 4.00. The van der Waals surface area contributed by atoms with E-state index in [1.165, 1.54) is 11.3 Å². The van der Waals surface area contributed by atoms with E-state index in [2.05, 4.69) is 27.5 Å². The maximum atomic E-state index is 10.1. The lowest BCUT2D eigenvalue weighted by Crippen LogP contribution is -2.19. The van der Waals surface area contributed by atoms with Crippen LogP contribution in [-0.4, -0.2) is 10.1 Å². The third-order valence-electron chi connectivity index (χ3n) is 1.85. The molecule has 0 amide bonds. The number of hydrogen-bond donors (Lipinski definition) is 1. The smallest absolute Gasteiger partial charge is 0.123 e. The molecular formula is C9H12BrNOS. The Bertz CT molecular complexity index is 296. The summed E-state index contributed by atoms with van der Waals surface area (Å²) in [5, 5.41) is 10.1. The molecule has 1 aromatic rings. The Hall–Kier alpha value is -0.190. The molecule has 1 atom stereocenters. The molecule has 0 bridgehead atoms. The van der Waals surface area contributed by atoms with Crippen LogP contribution in [0, 0.1) is 0 Å². The highest BCUT2D eigenvalue weighted by atomic mass is 79.9. The summed E-state index contributed by atoms with van der Waals surface area (Å²) in [6, 6.07) is 0. The molecule has 4 heteroatoms. The predicted molar refractivity (Wildman–Crippen MR) is 58.8 cm³/mol. The zero-order valence-electron chi connectivity index (χ0n) is 7.46. The highest BCUT2D eigenvalue weighted by Gasteiger charge is 2.26. The van der Waals surface area contributed by atoms with E-state index >= 15 is 0 Å². The summed E-state index contributed by atoms with van der Waals surface area (Å²) in [5.41, 5.74) is 0.927. The van der Waals surface area contributed by atoms with Crippen LogP contribution in [-0.2, 0) is 5.60 Å². The van der Waals surface area contributed by atoms with Crippen LogP contribution in [0.1, 0.15) is 24.6 Å². The topological polar surface area (TPSA) is 33.1 Å². The molecule has 0 aliphatic heterocycles. The molecule has 72 valence electrons. The zero-order valence-corrected chi connectivity index (χ0v) is 9.86. The van der Waals surface area contributed by atoms with Crippen LogP contribution in [0.3, 0.4) is 0 Å². The summed E-state index contributed by atoms with van der Waals surface area (Å²) in [7, 11) is 0. The van der Waals surface area contributed by atoms with Crippen molar-refractivity contribution in [3.8, 4) is 0 Å². The van der Waals surface area contributed by atoms with Crippen molar-refractivity contribution in [2.24, 2.45) is 0 Å². The van der Waals surface area contributed by atoms with Crippen molar-refractivity contribution in [2.45, 2.75) is 25.4 Å². The van der Waals surface area contributed by atoms with Crippen molar-refractivity contribution in [3.63, 3.8) is 0 Å². The molecule has 1 N–H and O–H groups in total. The van der Waals surface area contributed by atoms with Crippen LogP contribution in [0.25, 0.3) is 0 Å². The number of nitrogens with zero attached hydrogens (tertiary/aromatic N) is 1. The van der Waals surface area contributed by atoms with Crippen LogP contribution < -0.4 is 0 Å². The quantitative estimate of drug-likeness (QED) is 0.846. The third-order valence-corrected chi connectivity index (χ3v) is 3.79. The molecule has 1 aromatic heterocycles. The lowest BCUT2D eigenvalue weighted by molar-refractivity contribution is 0.0517. The lowest BCUT2D eigenvalue weighted by Gasteiger charge is -2.20. The Morgan fingerprint density at radius 2 is 2.54 bits per heavy atom. The van der Waals surface area contributed by atoms with E-state index in [9.17, 15) is 5.11 Å². The number of aliphatic hydroxyl groups is 1. The summed E-state index contributed by atoms with van der Waals surface area (Å²) < 4.78 is 0.742. The van der Waals surface area contributed by atoms with E-state index in [0.29, 0.717) is 6.42 Å². The van der Waals surface area contributed by atoms with Crippen LogP contribution >= 0.6 is 27.3 Å². The van der Waals surface area contributed by atoms with Crippen molar-refractivity contribution in [3.05, 3.63) is 27.6 Å². The molecule has 13 heavy (non-hydrogen) atoms. The van der Waals surface area contributed by atoms with Gasteiger partial charge >= 0.3 is 0 Å². The fourth-order valence-electron chi connectivity index (χ4n) is 1.08. The largest absolute Gasteiger partial charge is 0.385 e. The molecular weight excluding hydrogens is 250 g/mol. The first-order valence-corrected chi connectivity index (χ1v) is 5.68. The maximum Gasteiger partial charge on any atom is 0.123 e. The monoisotopic (exact) mass is 261 g/mol. The maximum absolute atomic E-state index is 10.1. The molecule has 0 radical (unpaired) electrons. The van der Waals surface area contributed by atoms with Gasteiger partial charge in [-0.15, -0.1) is 17.9 Å². The van der Waals surface area contributed by atoms with Gasteiger partial charge in [-0.1, -0.05) is 6.08 Å². The molecule has 2 nitrogen and oxygen atoms in total. The number of hydrogen-bond acceptors (Lipinski definition) is 3. The van der Waals surface area contributed by atoms with Gasteiger partial charge in [0.1, 0.15) is 4.60 Å². The molecule has 1 heterocycles. The number of rotatable bonds is 4. The van der Waals surface area contributed by atoms with E-state index in [1.807, 2.05) is 6.08 Å². The average Bonchev–Trinajstić information content (AvgIpc) is 2.48. The van der Waals surface area contributed by atoms with Gasteiger partial charge in [0.15, 0.2) is 0 Å². The van der Waals surface area contributed by atoms with E-state index < -0.39 is 5.60 Å². The van der Waals surface area contributed by atoms with Gasteiger partial charge in [0.05, 0.1) is 16.0 Å². The van der Waals surface area contributed by atoms with E-state index in [4.69, 9.17) is 0 Å². The number of allylic oxidation sites excluding steroid dienone is 1. The standard InChI is InChI=1S/C9H12BrNOS/c1-3-4-5-9(2,12)7-8(10)11-6-13-7/h3,6,12H,1,4-5H2,2H3. The second-order valence-electron chi connectivity index (χ2n) is 3.07. The van der Waals surface area contributed by atoms with Crippen molar-refractivity contribution in [1.82, 2.24) is 4.98 Å². The second-order valence-corrected chi connectivity index (χ2v) is 4.68. The molecule has 0 aliphatic carbocycles. The Labute approximate surface area is 90.5 Å². The SMILES string of the molecule is C=CCCC(C)(O)c1scnc1Br. The molecule has 0 aromatic carbocycles. The van der Waals surface area contributed by atoms with Crippen molar-refractivity contribution < 1.29 is 5.11 Å². The lowest BCUT2D eigenvalue weighted by atomic mass is 9.99. The van der Waals surface area contributed by atoms with E-state index in [-0.39, 0.29) is 0 Å². The minimum Gasteiger partial charge on any atom is -0.385 e. The fourth-order valence-corrected chi connectivity index (χ4v) is 2.79. The summed E-state index contributed by atoms with van der Waals surface area (Å²) in [6.45, 7) is 5.43. The van der Waals surface area contributed by atoms with Gasteiger partial charge < -0.3 is 5.11 Å². The first kappa shape index (κ1) is 10.9. The molecule has 0 spiro atoms. The van der Waals surface area contributed by atoms with Crippen LogP contribution in [0.2, 0.25) is 0 Å². The van der Waals surface area contributed by atoms with Gasteiger partial charge in [-0.05, 0) is 35.7 Å². The molecule has 0 saturated heterocycles. The van der Waals surface area contributed by atoms with E-state index in [0.717, 1.165) is 15.9 Å². The summed E-state index contributed by atoms with van der Waals surface area (Å²) in [5.74, 6) is 0. The normalized spacial score (nSPS) is 15.3. The van der Waals surface area contributed by atoms with Crippen molar-refractivity contribution in [1.29, 1.82) is 0 Å². The van der Waals surface area contributed by atoms with Crippen molar-refractivity contribution >= 4 is 27.3 Å². The number of thiazole rings is 1. The van der Waals surface area contributed by atoms with Crippen LogP contribution in [0.4, 0.5) is 0 Å². The van der Waals surface area contributed by atoms with Gasteiger partial charge in [-0.25, -0.2) is 4.98 Å². The Kier molecular flexibility index (Phi) is 3.64. The van der Waals surface area contributed by atoms with Gasteiger partial charge in [0.2, 0.25) is 0 Å². The Morgan fingerprint density at radius 3 is 3.00 bits per heavy atom. The zero-order chi connectivity index (χ0) is 9.90. The van der Waals surface area contributed by atoms with Gasteiger partial charge in [-0.2, -0.15) is 0 Å². The molecule has 0 aliphatic rings. The fraction of sp³-hybridized carbons (Fsp3) is 0.444. The molecule has 0 saturated carbocycles. The minimum absolute atomic E-state index is 0.678. The average molecular weight is 262 g/mol. The predicted octanol–water partition coefficient (Wildman–Crippen LogP) is 3.08.